The van der Waals surface area contributed by atoms with Gasteiger partial charge in [0, 0.05) is 17.3 Å². The van der Waals surface area contributed by atoms with Gasteiger partial charge in [-0.3, -0.25) is 14.7 Å². The van der Waals surface area contributed by atoms with Crippen LogP contribution in [0, 0.1) is 13.8 Å². The summed E-state index contributed by atoms with van der Waals surface area (Å²) in [4.78, 5) is 23.7. The number of pyridine rings is 1. The van der Waals surface area contributed by atoms with Crippen LogP contribution in [-0.4, -0.2) is 21.0 Å². The van der Waals surface area contributed by atoms with Gasteiger partial charge in [0.2, 0.25) is 5.76 Å². The van der Waals surface area contributed by atoms with Gasteiger partial charge in [-0.15, -0.1) is 0 Å². The first-order valence-electron chi connectivity index (χ1n) is 8.23. The minimum atomic E-state index is -0.316. The van der Waals surface area contributed by atoms with Gasteiger partial charge in [-0.05, 0) is 43.7 Å². The maximum absolute atomic E-state index is 13.1. The third kappa shape index (κ3) is 3.43. The number of benzene rings is 1. The molecule has 3 heterocycles. The van der Waals surface area contributed by atoms with Crippen molar-refractivity contribution >= 4 is 44.2 Å². The van der Waals surface area contributed by atoms with Crippen LogP contribution in [0.4, 0.5) is 5.13 Å². The number of hydrogen-bond acceptors (Lipinski definition) is 6. The summed E-state index contributed by atoms with van der Waals surface area (Å²) < 4.78 is 6.14. The maximum Gasteiger partial charge on any atom is 0.299 e. The summed E-state index contributed by atoms with van der Waals surface area (Å²) in [7, 11) is 0. The molecule has 136 valence electrons. The predicted octanol–water partition coefficient (Wildman–Crippen LogP) is 4.80. The van der Waals surface area contributed by atoms with Crippen molar-refractivity contribution in [1.29, 1.82) is 0 Å². The molecule has 0 saturated carbocycles. The Morgan fingerprint density at radius 3 is 2.81 bits per heavy atom. The number of thiazole rings is 1. The molecule has 0 unspecified atom stereocenters. The minimum Gasteiger partial charge on any atom is -0.351 e. The third-order valence-corrected chi connectivity index (χ3v) is 5.55. The van der Waals surface area contributed by atoms with Gasteiger partial charge in [0.05, 0.1) is 28.1 Å². The fourth-order valence-corrected chi connectivity index (χ4v) is 3.86. The zero-order chi connectivity index (χ0) is 19.0. The van der Waals surface area contributed by atoms with Gasteiger partial charge in [-0.1, -0.05) is 34.2 Å². The molecule has 6 nitrogen and oxygen atoms in total. The molecule has 4 aromatic rings. The Labute approximate surface area is 164 Å². The van der Waals surface area contributed by atoms with Crippen molar-refractivity contribution in [3.05, 3.63) is 70.3 Å². The zero-order valence-electron chi connectivity index (χ0n) is 14.6. The van der Waals surface area contributed by atoms with Gasteiger partial charge >= 0.3 is 0 Å². The Balaban J connectivity index is 1.79. The minimum absolute atomic E-state index is 0.164. The molecule has 0 fully saturated rings. The Kier molecular flexibility index (Phi) is 4.63. The van der Waals surface area contributed by atoms with Gasteiger partial charge in [0.25, 0.3) is 5.91 Å². The average Bonchev–Trinajstić information content (AvgIpc) is 3.30. The van der Waals surface area contributed by atoms with Crippen LogP contribution in [0.15, 0.2) is 47.1 Å². The number of hydrogen-bond donors (Lipinski definition) is 0. The second-order valence-corrected chi connectivity index (χ2v) is 7.48. The molecule has 1 amide bonds. The van der Waals surface area contributed by atoms with E-state index in [1.54, 1.807) is 24.1 Å². The molecule has 8 heteroatoms. The molecule has 0 aliphatic rings. The molecule has 1 aromatic carbocycles. The highest BCUT2D eigenvalue weighted by molar-refractivity contribution is 7.22. The topological polar surface area (TPSA) is 72.1 Å². The Hall–Kier alpha value is -2.77. The number of amides is 1. The molecular weight excluding hydrogens is 384 g/mol. The number of fused-ring (bicyclic) bond motifs is 1. The molecule has 0 saturated heterocycles. The van der Waals surface area contributed by atoms with Crippen LogP contribution in [0.1, 0.15) is 27.5 Å². The molecule has 0 bridgehead atoms. The average molecular weight is 399 g/mol. The molecule has 0 spiro atoms. The number of aryl methyl sites for hydroxylation is 2. The largest absolute Gasteiger partial charge is 0.351 e. The first-order valence-corrected chi connectivity index (χ1v) is 9.43. The van der Waals surface area contributed by atoms with Gasteiger partial charge < -0.3 is 4.52 Å². The number of aromatic nitrogens is 3. The lowest BCUT2D eigenvalue weighted by molar-refractivity contribution is 0.0949. The van der Waals surface area contributed by atoms with Crippen LogP contribution >= 0.6 is 22.9 Å². The van der Waals surface area contributed by atoms with E-state index in [1.165, 1.54) is 11.3 Å². The summed E-state index contributed by atoms with van der Waals surface area (Å²) in [6, 6.07) is 10.9. The number of carbonyl (C=O) groups is 1. The van der Waals surface area contributed by atoms with Crippen molar-refractivity contribution < 1.29 is 9.32 Å². The molecule has 27 heavy (non-hydrogen) atoms. The Morgan fingerprint density at radius 1 is 1.26 bits per heavy atom. The number of anilines is 1. The number of nitrogens with zero attached hydrogens (tertiary/aromatic N) is 4. The predicted molar refractivity (Wildman–Crippen MR) is 105 cm³/mol. The lowest BCUT2D eigenvalue weighted by Gasteiger charge is -2.17. The van der Waals surface area contributed by atoms with Crippen molar-refractivity contribution in [2.75, 3.05) is 4.90 Å². The Morgan fingerprint density at radius 2 is 2.11 bits per heavy atom. The molecule has 3 aromatic heterocycles. The van der Waals surface area contributed by atoms with Crippen LogP contribution in [0.3, 0.4) is 0 Å². The zero-order valence-corrected chi connectivity index (χ0v) is 16.2. The smallest absolute Gasteiger partial charge is 0.299 e. The van der Waals surface area contributed by atoms with Gasteiger partial charge in [0.15, 0.2) is 5.13 Å². The van der Waals surface area contributed by atoms with Crippen LogP contribution in [0.2, 0.25) is 5.02 Å². The lowest BCUT2D eigenvalue weighted by atomic mass is 10.2. The van der Waals surface area contributed by atoms with Crippen LogP contribution < -0.4 is 4.90 Å². The second-order valence-electron chi connectivity index (χ2n) is 6.06. The van der Waals surface area contributed by atoms with E-state index in [9.17, 15) is 4.79 Å². The van der Waals surface area contributed by atoms with Crippen molar-refractivity contribution in [3.63, 3.8) is 0 Å². The summed E-state index contributed by atoms with van der Waals surface area (Å²) >= 11 is 7.64. The van der Waals surface area contributed by atoms with Crippen molar-refractivity contribution in [1.82, 2.24) is 15.1 Å². The summed E-state index contributed by atoms with van der Waals surface area (Å²) in [5.74, 6) is -0.151. The van der Waals surface area contributed by atoms with E-state index < -0.39 is 0 Å². The van der Waals surface area contributed by atoms with E-state index in [2.05, 4.69) is 15.1 Å². The fraction of sp³-hybridized carbons (Fsp3) is 0.158. The molecule has 0 atom stereocenters. The normalized spacial score (nSPS) is 11.1. The van der Waals surface area contributed by atoms with Gasteiger partial charge in [-0.2, -0.15) is 0 Å². The Bertz CT molecular complexity index is 1120. The van der Waals surface area contributed by atoms with E-state index in [4.69, 9.17) is 16.1 Å². The SMILES string of the molecule is Cc1cc(C(=O)N(Cc2ccccn2)c2nc3c(C)c(Cl)ccc3s2)on1. The molecule has 0 radical (unpaired) electrons. The van der Waals surface area contributed by atoms with E-state index in [-0.39, 0.29) is 18.2 Å². The second kappa shape index (κ2) is 7.09. The molecule has 0 aliphatic heterocycles. The van der Waals surface area contributed by atoms with E-state index in [0.29, 0.717) is 15.8 Å². The molecular formula is C19H15ClN4O2S. The van der Waals surface area contributed by atoms with Gasteiger partial charge in [-0.25, -0.2) is 4.98 Å². The van der Waals surface area contributed by atoms with E-state index in [0.717, 1.165) is 21.5 Å². The summed E-state index contributed by atoms with van der Waals surface area (Å²) in [5.41, 5.74) is 3.06. The van der Waals surface area contributed by atoms with Crippen LogP contribution in [0.5, 0.6) is 0 Å². The summed E-state index contributed by atoms with van der Waals surface area (Å²) in [6.07, 6.45) is 1.69. The van der Waals surface area contributed by atoms with Crippen molar-refractivity contribution in [2.24, 2.45) is 0 Å². The van der Waals surface area contributed by atoms with E-state index >= 15 is 0 Å². The highest BCUT2D eigenvalue weighted by Crippen LogP contribution is 2.34. The van der Waals surface area contributed by atoms with Crippen LogP contribution in [0.25, 0.3) is 10.2 Å². The van der Waals surface area contributed by atoms with E-state index in [1.807, 2.05) is 37.3 Å². The summed E-state index contributed by atoms with van der Waals surface area (Å²) in [5, 5.41) is 5.02. The van der Waals surface area contributed by atoms with Gasteiger partial charge in [0.1, 0.15) is 0 Å². The van der Waals surface area contributed by atoms with Crippen molar-refractivity contribution in [3.8, 4) is 0 Å². The monoisotopic (exact) mass is 398 g/mol. The number of rotatable bonds is 4. The molecule has 4 rings (SSSR count). The number of carbonyl (C=O) groups excluding carboxylic acids is 1. The molecule has 0 N–H and O–H groups in total. The maximum atomic E-state index is 13.1. The first-order chi connectivity index (χ1) is 13.0. The number of halogens is 1. The summed E-state index contributed by atoms with van der Waals surface area (Å²) in [6.45, 7) is 3.96. The van der Waals surface area contributed by atoms with Crippen LogP contribution in [-0.2, 0) is 6.54 Å². The first kappa shape index (κ1) is 17.6. The molecule has 0 aliphatic carbocycles. The lowest BCUT2D eigenvalue weighted by Crippen LogP contribution is -2.30. The fourth-order valence-electron chi connectivity index (χ4n) is 2.68. The standard InChI is InChI=1S/C19H15ClN4O2S/c1-11-9-15(26-23-11)18(25)24(10-13-5-3-4-8-21-13)19-22-17-12(2)14(20)6-7-16(17)27-19/h3-9H,10H2,1-2H3. The highest BCUT2D eigenvalue weighted by atomic mass is 35.5. The quantitative estimate of drug-likeness (QED) is 0.494. The highest BCUT2D eigenvalue weighted by Gasteiger charge is 2.25. The van der Waals surface area contributed by atoms with Crippen molar-refractivity contribution in [2.45, 2.75) is 20.4 Å². The third-order valence-electron chi connectivity index (χ3n) is 4.10.